The highest BCUT2D eigenvalue weighted by Gasteiger charge is 2.37. The van der Waals surface area contributed by atoms with Crippen LogP contribution in [0, 0.1) is 6.92 Å². The molecule has 7 nitrogen and oxygen atoms in total. The summed E-state index contributed by atoms with van der Waals surface area (Å²) in [6.07, 6.45) is -0.0319. The predicted molar refractivity (Wildman–Crippen MR) is 115 cm³/mol. The van der Waals surface area contributed by atoms with Crippen molar-refractivity contribution in [3.8, 4) is 11.1 Å². The zero-order valence-corrected chi connectivity index (χ0v) is 17.4. The Hall–Kier alpha value is -3.16. The number of hydrogen-bond acceptors (Lipinski definition) is 4. The van der Waals surface area contributed by atoms with Gasteiger partial charge < -0.3 is 15.4 Å². The van der Waals surface area contributed by atoms with Gasteiger partial charge in [0.2, 0.25) is 5.91 Å². The zero-order chi connectivity index (χ0) is 21.3. The number of methoxy groups -OCH3 is 1. The van der Waals surface area contributed by atoms with Crippen LogP contribution in [0.25, 0.3) is 11.1 Å². The van der Waals surface area contributed by atoms with Crippen molar-refractivity contribution >= 4 is 34.9 Å². The van der Waals surface area contributed by atoms with Crippen LogP contribution in [0.4, 0.5) is 11.5 Å². The predicted octanol–water partition coefficient (Wildman–Crippen LogP) is 4.18. The standard InChI is InChI=1S/C22H21ClN4O3/c1-13-5-3-8-16(9-13)24-19(28)11-18-22(29)25-21-20(14-6-4-7-15(23)10-14)17(12-30-2)26-27(18)21/h3-10,18H,11-12H2,1-2H3,(H,24,28)(H,25,29). The molecule has 1 aromatic heterocycles. The average molecular weight is 425 g/mol. The monoisotopic (exact) mass is 424 g/mol. The molecule has 4 rings (SSSR count). The lowest BCUT2D eigenvalue weighted by molar-refractivity contribution is -0.123. The minimum atomic E-state index is -0.742. The molecule has 0 saturated carbocycles. The van der Waals surface area contributed by atoms with Crippen molar-refractivity contribution in [1.29, 1.82) is 0 Å². The van der Waals surface area contributed by atoms with E-state index in [2.05, 4.69) is 15.7 Å². The number of hydrogen-bond donors (Lipinski definition) is 2. The Morgan fingerprint density at radius 1 is 1.27 bits per heavy atom. The molecular formula is C22H21ClN4O3. The number of carbonyl (C=O) groups excluding carboxylic acids is 2. The van der Waals surface area contributed by atoms with Crippen molar-refractivity contribution in [3.05, 3.63) is 64.8 Å². The number of benzene rings is 2. The van der Waals surface area contributed by atoms with Gasteiger partial charge in [0.1, 0.15) is 11.9 Å². The maximum atomic E-state index is 12.6. The average Bonchev–Trinajstić information content (AvgIpc) is 3.17. The van der Waals surface area contributed by atoms with Crippen molar-refractivity contribution in [2.45, 2.75) is 26.0 Å². The molecular weight excluding hydrogens is 404 g/mol. The maximum absolute atomic E-state index is 12.6. The van der Waals surface area contributed by atoms with Crippen LogP contribution in [0.1, 0.15) is 23.7 Å². The second-order valence-electron chi connectivity index (χ2n) is 7.19. The van der Waals surface area contributed by atoms with Gasteiger partial charge in [-0.15, -0.1) is 0 Å². The molecule has 0 spiro atoms. The van der Waals surface area contributed by atoms with Gasteiger partial charge in [-0.2, -0.15) is 5.10 Å². The van der Waals surface area contributed by atoms with Gasteiger partial charge in [0.05, 0.1) is 18.7 Å². The fraction of sp³-hybridized carbons (Fsp3) is 0.227. The molecule has 2 N–H and O–H groups in total. The minimum absolute atomic E-state index is 0.0319. The molecule has 0 bridgehead atoms. The topological polar surface area (TPSA) is 85.2 Å². The number of nitrogens with zero attached hydrogens (tertiary/aromatic N) is 2. The molecule has 1 aliphatic heterocycles. The highest BCUT2D eigenvalue weighted by molar-refractivity contribution is 6.30. The smallest absolute Gasteiger partial charge is 0.251 e. The molecule has 0 radical (unpaired) electrons. The second kappa shape index (κ2) is 8.30. The van der Waals surface area contributed by atoms with Gasteiger partial charge in [0.25, 0.3) is 5.91 Å². The number of halogens is 1. The summed E-state index contributed by atoms with van der Waals surface area (Å²) in [5.74, 6) is 0.00788. The number of carbonyl (C=O) groups is 2. The molecule has 2 amide bonds. The van der Waals surface area contributed by atoms with E-state index in [1.807, 2.05) is 49.4 Å². The number of anilines is 2. The van der Waals surface area contributed by atoms with E-state index in [1.165, 1.54) is 0 Å². The molecule has 1 aliphatic rings. The van der Waals surface area contributed by atoms with Crippen molar-refractivity contribution in [3.63, 3.8) is 0 Å². The van der Waals surface area contributed by atoms with Gasteiger partial charge in [0, 0.05) is 23.4 Å². The van der Waals surface area contributed by atoms with Gasteiger partial charge >= 0.3 is 0 Å². The molecule has 0 aliphatic carbocycles. The van der Waals surface area contributed by atoms with E-state index in [-0.39, 0.29) is 24.8 Å². The summed E-state index contributed by atoms with van der Waals surface area (Å²) in [5.41, 5.74) is 3.96. The highest BCUT2D eigenvalue weighted by atomic mass is 35.5. The molecule has 0 saturated heterocycles. The number of aromatic nitrogens is 2. The second-order valence-corrected chi connectivity index (χ2v) is 7.62. The van der Waals surface area contributed by atoms with Crippen LogP contribution in [0.2, 0.25) is 5.02 Å². The summed E-state index contributed by atoms with van der Waals surface area (Å²) in [4.78, 5) is 25.2. The van der Waals surface area contributed by atoms with Crippen LogP contribution < -0.4 is 10.6 Å². The first kappa shape index (κ1) is 20.1. The van der Waals surface area contributed by atoms with Crippen LogP contribution in [-0.2, 0) is 20.9 Å². The summed E-state index contributed by atoms with van der Waals surface area (Å²) in [5, 5.41) is 10.9. The first-order valence-corrected chi connectivity index (χ1v) is 9.87. The van der Waals surface area contributed by atoms with Crippen LogP contribution in [0.15, 0.2) is 48.5 Å². The molecule has 154 valence electrons. The maximum Gasteiger partial charge on any atom is 0.251 e. The Bertz CT molecular complexity index is 1130. The Balaban J connectivity index is 1.63. The van der Waals surface area contributed by atoms with E-state index in [0.717, 1.165) is 16.7 Å². The van der Waals surface area contributed by atoms with E-state index < -0.39 is 6.04 Å². The lowest BCUT2D eigenvalue weighted by atomic mass is 10.1. The molecule has 30 heavy (non-hydrogen) atoms. The van der Waals surface area contributed by atoms with E-state index in [9.17, 15) is 9.59 Å². The Morgan fingerprint density at radius 2 is 2.07 bits per heavy atom. The number of fused-ring (bicyclic) bond motifs is 1. The van der Waals surface area contributed by atoms with Gasteiger partial charge in [-0.05, 0) is 42.3 Å². The first-order valence-electron chi connectivity index (χ1n) is 9.50. The third-order valence-corrected chi connectivity index (χ3v) is 5.13. The molecule has 2 aromatic carbocycles. The molecule has 3 aromatic rings. The minimum Gasteiger partial charge on any atom is -0.378 e. The number of rotatable bonds is 6. The first-order chi connectivity index (χ1) is 14.5. The van der Waals surface area contributed by atoms with Gasteiger partial charge in [-0.3, -0.25) is 9.59 Å². The highest BCUT2D eigenvalue weighted by Crippen LogP contribution is 2.39. The van der Waals surface area contributed by atoms with E-state index >= 15 is 0 Å². The normalized spacial score (nSPS) is 15.0. The van der Waals surface area contributed by atoms with Crippen LogP contribution in [-0.4, -0.2) is 28.7 Å². The van der Waals surface area contributed by atoms with Crippen LogP contribution in [0.3, 0.4) is 0 Å². The third kappa shape index (κ3) is 3.94. The van der Waals surface area contributed by atoms with Gasteiger partial charge in [0.15, 0.2) is 0 Å². The SMILES string of the molecule is COCc1nn2c(c1-c1cccc(Cl)c1)NC(=O)C2CC(=O)Nc1cccc(C)c1. The number of ether oxygens (including phenoxy) is 1. The fourth-order valence-corrected chi connectivity index (χ4v) is 3.80. The van der Waals surface area contributed by atoms with Gasteiger partial charge in [-0.1, -0.05) is 35.9 Å². The Kier molecular flexibility index (Phi) is 5.57. The fourth-order valence-electron chi connectivity index (χ4n) is 3.61. The number of amides is 2. The Morgan fingerprint density at radius 3 is 2.80 bits per heavy atom. The van der Waals surface area contributed by atoms with E-state index in [1.54, 1.807) is 17.9 Å². The summed E-state index contributed by atoms with van der Waals surface area (Å²) in [6, 6.07) is 14.1. The summed E-state index contributed by atoms with van der Waals surface area (Å²) in [6.45, 7) is 2.21. The van der Waals surface area contributed by atoms with Crippen molar-refractivity contribution < 1.29 is 14.3 Å². The molecule has 1 atom stereocenters. The third-order valence-electron chi connectivity index (χ3n) is 4.90. The number of aryl methyl sites for hydroxylation is 1. The van der Waals surface area contributed by atoms with E-state index in [0.29, 0.717) is 22.2 Å². The van der Waals surface area contributed by atoms with Crippen LogP contribution in [0.5, 0.6) is 0 Å². The summed E-state index contributed by atoms with van der Waals surface area (Å²) in [7, 11) is 1.58. The van der Waals surface area contributed by atoms with Crippen molar-refractivity contribution in [1.82, 2.24) is 9.78 Å². The molecule has 2 heterocycles. The molecule has 8 heteroatoms. The number of nitrogens with one attached hydrogen (secondary N) is 2. The van der Waals surface area contributed by atoms with Crippen molar-refractivity contribution in [2.75, 3.05) is 17.7 Å². The van der Waals surface area contributed by atoms with Crippen LogP contribution >= 0.6 is 11.6 Å². The Labute approximate surface area is 179 Å². The largest absolute Gasteiger partial charge is 0.378 e. The summed E-state index contributed by atoms with van der Waals surface area (Å²) < 4.78 is 6.86. The summed E-state index contributed by atoms with van der Waals surface area (Å²) >= 11 is 6.16. The van der Waals surface area contributed by atoms with E-state index in [4.69, 9.17) is 16.3 Å². The quantitative estimate of drug-likeness (QED) is 0.621. The molecule has 1 unspecified atom stereocenters. The van der Waals surface area contributed by atoms with Gasteiger partial charge in [-0.25, -0.2) is 4.68 Å². The lowest BCUT2D eigenvalue weighted by Crippen LogP contribution is -2.24. The molecule has 0 fully saturated rings. The lowest BCUT2D eigenvalue weighted by Gasteiger charge is -2.10. The zero-order valence-electron chi connectivity index (χ0n) is 16.6. The van der Waals surface area contributed by atoms with Crippen molar-refractivity contribution in [2.24, 2.45) is 0 Å².